The van der Waals surface area contributed by atoms with Crippen molar-refractivity contribution in [2.24, 2.45) is 11.1 Å². The van der Waals surface area contributed by atoms with E-state index in [4.69, 9.17) is 17.2 Å². The SMILES string of the molecule is Nc1nc2c(s1)CN(C(=O)c1ncc(N3CCC4(CC3)Cc3ccc(C5CC5)cc3C4N)nc1N)CC2. The van der Waals surface area contributed by atoms with E-state index >= 15 is 0 Å². The lowest BCUT2D eigenvalue weighted by atomic mass is 9.73. The number of hydrogen-bond donors (Lipinski definition) is 3. The number of amides is 1. The summed E-state index contributed by atoms with van der Waals surface area (Å²) in [6.07, 6.45) is 8.03. The summed E-state index contributed by atoms with van der Waals surface area (Å²) in [6.45, 7) is 2.74. The zero-order valence-electron chi connectivity index (χ0n) is 20.8. The fourth-order valence-electron chi connectivity index (χ4n) is 6.47. The molecule has 1 saturated heterocycles. The van der Waals surface area contributed by atoms with E-state index in [9.17, 15) is 4.79 Å². The van der Waals surface area contributed by atoms with E-state index in [1.165, 1.54) is 40.9 Å². The van der Waals surface area contributed by atoms with Gasteiger partial charge in [-0.25, -0.2) is 15.0 Å². The molecule has 37 heavy (non-hydrogen) atoms. The van der Waals surface area contributed by atoms with Gasteiger partial charge in [0.2, 0.25) is 0 Å². The van der Waals surface area contributed by atoms with Crippen LogP contribution in [0.5, 0.6) is 0 Å². The first kappa shape index (κ1) is 22.9. The molecule has 192 valence electrons. The Labute approximate surface area is 220 Å². The molecule has 7 rings (SSSR count). The van der Waals surface area contributed by atoms with Crippen LogP contribution in [0.15, 0.2) is 24.4 Å². The average Bonchev–Trinajstić information content (AvgIpc) is 3.63. The van der Waals surface area contributed by atoms with Crippen LogP contribution in [0.4, 0.5) is 16.8 Å². The molecule has 2 fully saturated rings. The molecule has 1 aromatic carbocycles. The van der Waals surface area contributed by atoms with Gasteiger partial charge >= 0.3 is 0 Å². The first-order valence-electron chi connectivity index (χ1n) is 13.2. The van der Waals surface area contributed by atoms with E-state index in [0.29, 0.717) is 24.6 Å². The molecule has 1 unspecified atom stereocenters. The van der Waals surface area contributed by atoms with Gasteiger partial charge in [-0.2, -0.15) is 0 Å². The van der Waals surface area contributed by atoms with Crippen molar-refractivity contribution in [1.29, 1.82) is 0 Å². The lowest BCUT2D eigenvalue weighted by molar-refractivity contribution is 0.0731. The standard InChI is InChI=1S/C27H32N8OS/c28-23-18-11-16(15-1-2-15)3-4-17(18)12-27(23)6-9-34(10-7-27)21-13-31-22(24(29)33-21)25(36)35-8-5-19-20(14-35)37-26(30)32-19/h3-4,11,13,15,23H,1-2,5-10,12,14,28H2,(H2,29,33)(H2,30,32). The third-order valence-corrected chi connectivity index (χ3v) is 9.78. The summed E-state index contributed by atoms with van der Waals surface area (Å²) in [4.78, 5) is 31.6. The summed E-state index contributed by atoms with van der Waals surface area (Å²) < 4.78 is 0. The molecule has 1 atom stereocenters. The Balaban J connectivity index is 1.03. The molecule has 4 heterocycles. The molecule has 1 saturated carbocycles. The van der Waals surface area contributed by atoms with E-state index < -0.39 is 0 Å². The highest BCUT2D eigenvalue weighted by molar-refractivity contribution is 7.15. The van der Waals surface area contributed by atoms with E-state index in [2.05, 4.69) is 38.1 Å². The number of hydrogen-bond acceptors (Lipinski definition) is 9. The van der Waals surface area contributed by atoms with Gasteiger partial charge in [-0.1, -0.05) is 18.2 Å². The summed E-state index contributed by atoms with van der Waals surface area (Å²) in [5.74, 6) is 1.44. The zero-order chi connectivity index (χ0) is 25.3. The summed E-state index contributed by atoms with van der Waals surface area (Å²) in [5.41, 5.74) is 24.5. The van der Waals surface area contributed by atoms with Gasteiger partial charge < -0.3 is 27.0 Å². The largest absolute Gasteiger partial charge is 0.382 e. The van der Waals surface area contributed by atoms with Crippen molar-refractivity contribution in [3.05, 3.63) is 57.4 Å². The quantitative estimate of drug-likeness (QED) is 0.483. The van der Waals surface area contributed by atoms with Crippen molar-refractivity contribution in [3.8, 4) is 0 Å². The molecule has 6 N–H and O–H groups in total. The predicted octanol–water partition coefficient (Wildman–Crippen LogP) is 3.02. The Morgan fingerprint density at radius 1 is 1.11 bits per heavy atom. The third-order valence-electron chi connectivity index (χ3n) is 8.86. The zero-order valence-corrected chi connectivity index (χ0v) is 21.6. The van der Waals surface area contributed by atoms with Crippen molar-refractivity contribution in [2.75, 3.05) is 36.0 Å². The van der Waals surface area contributed by atoms with E-state index in [-0.39, 0.29) is 28.9 Å². The van der Waals surface area contributed by atoms with Gasteiger partial charge in [0.05, 0.1) is 18.4 Å². The van der Waals surface area contributed by atoms with E-state index in [0.717, 1.165) is 54.7 Å². The summed E-state index contributed by atoms with van der Waals surface area (Å²) in [7, 11) is 0. The Bertz CT molecular complexity index is 1390. The number of nitrogens with two attached hydrogens (primary N) is 3. The van der Waals surface area contributed by atoms with Crippen LogP contribution in [-0.4, -0.2) is 45.4 Å². The van der Waals surface area contributed by atoms with Crippen LogP contribution in [0.25, 0.3) is 0 Å². The van der Waals surface area contributed by atoms with Crippen molar-refractivity contribution in [3.63, 3.8) is 0 Å². The molecule has 3 aromatic rings. The highest BCUT2D eigenvalue weighted by Gasteiger charge is 2.46. The van der Waals surface area contributed by atoms with Crippen LogP contribution in [0.2, 0.25) is 0 Å². The Morgan fingerprint density at radius 2 is 1.92 bits per heavy atom. The molecule has 1 amide bonds. The first-order valence-corrected chi connectivity index (χ1v) is 14.0. The number of carbonyl (C=O) groups is 1. The number of anilines is 3. The second-order valence-corrected chi connectivity index (χ2v) is 12.2. The molecule has 4 aliphatic rings. The molecule has 9 nitrogen and oxygen atoms in total. The molecule has 2 aliphatic heterocycles. The van der Waals surface area contributed by atoms with Crippen LogP contribution in [0, 0.1) is 5.41 Å². The highest BCUT2D eigenvalue weighted by Crippen LogP contribution is 2.52. The van der Waals surface area contributed by atoms with Crippen molar-refractivity contribution in [1.82, 2.24) is 19.9 Å². The first-order chi connectivity index (χ1) is 17.9. The predicted molar refractivity (Wildman–Crippen MR) is 144 cm³/mol. The van der Waals surface area contributed by atoms with Gasteiger partial charge in [-0.3, -0.25) is 4.79 Å². The van der Waals surface area contributed by atoms with E-state index in [1.807, 2.05) is 0 Å². The fraction of sp³-hybridized carbons (Fsp3) is 0.481. The number of aromatic nitrogens is 3. The monoisotopic (exact) mass is 516 g/mol. The molecular weight excluding hydrogens is 484 g/mol. The third kappa shape index (κ3) is 3.85. The maximum atomic E-state index is 13.2. The Kier molecular flexibility index (Phi) is 5.20. The van der Waals surface area contributed by atoms with Crippen molar-refractivity contribution in [2.45, 2.75) is 57.0 Å². The number of benzene rings is 1. The van der Waals surface area contributed by atoms with Crippen LogP contribution in [0.1, 0.15) is 75.4 Å². The number of rotatable bonds is 3. The minimum atomic E-state index is -0.202. The van der Waals surface area contributed by atoms with Gasteiger partial charge in [0.25, 0.3) is 5.91 Å². The molecule has 2 aliphatic carbocycles. The smallest absolute Gasteiger partial charge is 0.276 e. The Morgan fingerprint density at radius 3 is 2.68 bits per heavy atom. The second-order valence-electron chi connectivity index (χ2n) is 11.1. The number of thiazole rings is 1. The van der Waals surface area contributed by atoms with Gasteiger partial charge in [0, 0.05) is 37.0 Å². The van der Waals surface area contributed by atoms with Crippen molar-refractivity contribution < 1.29 is 4.79 Å². The number of nitrogens with zero attached hydrogens (tertiary/aromatic N) is 5. The maximum absolute atomic E-state index is 13.2. The number of carbonyl (C=O) groups excluding carboxylic acids is 1. The van der Waals surface area contributed by atoms with Crippen LogP contribution in [-0.2, 0) is 19.4 Å². The van der Waals surface area contributed by atoms with Crippen molar-refractivity contribution >= 4 is 34.0 Å². The lowest BCUT2D eigenvalue weighted by Crippen LogP contribution is -2.44. The van der Waals surface area contributed by atoms with E-state index in [1.54, 1.807) is 11.1 Å². The molecular formula is C27H32N8OS. The summed E-state index contributed by atoms with van der Waals surface area (Å²) in [5, 5.41) is 0.539. The number of nitrogen functional groups attached to an aromatic ring is 2. The molecule has 0 bridgehead atoms. The Hall–Kier alpha value is -3.24. The highest BCUT2D eigenvalue weighted by atomic mass is 32.1. The van der Waals surface area contributed by atoms with Gasteiger partial charge in [0.1, 0.15) is 5.82 Å². The second kappa shape index (κ2) is 8.39. The van der Waals surface area contributed by atoms with Crippen LogP contribution in [0.3, 0.4) is 0 Å². The normalized spacial score (nSPS) is 22.2. The molecule has 0 radical (unpaired) electrons. The molecule has 10 heteroatoms. The summed E-state index contributed by atoms with van der Waals surface area (Å²) in [6, 6.07) is 7.10. The minimum absolute atomic E-state index is 0.0819. The minimum Gasteiger partial charge on any atom is -0.382 e. The fourth-order valence-corrected chi connectivity index (χ4v) is 7.37. The average molecular weight is 517 g/mol. The summed E-state index contributed by atoms with van der Waals surface area (Å²) >= 11 is 1.43. The van der Waals surface area contributed by atoms with Gasteiger partial charge in [-0.05, 0) is 60.1 Å². The van der Waals surface area contributed by atoms with Crippen LogP contribution < -0.4 is 22.1 Å². The lowest BCUT2D eigenvalue weighted by Gasteiger charge is -2.42. The van der Waals surface area contributed by atoms with Gasteiger partial charge in [-0.15, -0.1) is 11.3 Å². The molecule has 1 spiro atoms. The van der Waals surface area contributed by atoms with Crippen LogP contribution >= 0.6 is 11.3 Å². The number of fused-ring (bicyclic) bond motifs is 2. The molecule has 2 aromatic heterocycles. The maximum Gasteiger partial charge on any atom is 0.276 e. The van der Waals surface area contributed by atoms with Gasteiger partial charge in [0.15, 0.2) is 16.6 Å². The number of piperidine rings is 1. The topological polar surface area (TPSA) is 140 Å².